The van der Waals surface area contributed by atoms with Crippen molar-refractivity contribution in [2.75, 3.05) is 5.32 Å². The van der Waals surface area contributed by atoms with Gasteiger partial charge in [-0.25, -0.2) is 0 Å². The first kappa shape index (κ1) is 23.7. The van der Waals surface area contributed by atoms with E-state index >= 15 is 0 Å². The molecule has 0 aromatic heterocycles. The van der Waals surface area contributed by atoms with E-state index in [1.165, 1.54) is 6.92 Å². The normalized spacial score (nSPS) is 12.3. The second-order valence-corrected chi connectivity index (χ2v) is 7.95. The van der Waals surface area contributed by atoms with Crippen LogP contribution in [-0.2, 0) is 14.3 Å². The predicted molar refractivity (Wildman–Crippen MR) is 128 cm³/mol. The monoisotopic (exact) mass is 444 g/mol. The second-order valence-electron chi connectivity index (χ2n) is 7.95. The van der Waals surface area contributed by atoms with Gasteiger partial charge in [-0.1, -0.05) is 66.2 Å². The summed E-state index contributed by atoms with van der Waals surface area (Å²) in [5.41, 5.74) is 3.95. The molecule has 2 unspecified atom stereocenters. The minimum absolute atomic E-state index is 0.107. The number of hydrogen-bond donors (Lipinski definition) is 2. The zero-order valence-corrected chi connectivity index (χ0v) is 19.0. The van der Waals surface area contributed by atoms with Crippen molar-refractivity contribution in [1.82, 2.24) is 5.32 Å². The van der Waals surface area contributed by atoms with E-state index in [0.29, 0.717) is 11.3 Å². The van der Waals surface area contributed by atoms with E-state index in [4.69, 9.17) is 4.74 Å². The molecule has 0 bridgehead atoms. The van der Waals surface area contributed by atoms with Crippen LogP contribution in [-0.4, -0.2) is 23.9 Å². The molecule has 2 N–H and O–H groups in total. The molecule has 6 nitrogen and oxygen atoms in total. The summed E-state index contributed by atoms with van der Waals surface area (Å²) in [5, 5.41) is 5.69. The second kappa shape index (κ2) is 11.1. The highest BCUT2D eigenvalue weighted by molar-refractivity contribution is 5.96. The summed E-state index contributed by atoms with van der Waals surface area (Å²) in [6, 6.07) is 23.1. The SMILES string of the molecule is Cc1ccc(NC(=O)C(C)OC(=O)CC(NC(=O)c2ccccc2)c2ccccc2)c(C)c1. The van der Waals surface area contributed by atoms with Crippen molar-refractivity contribution in [3.8, 4) is 0 Å². The molecule has 3 rings (SSSR count). The van der Waals surface area contributed by atoms with Crippen molar-refractivity contribution in [3.05, 3.63) is 101 Å². The Morgan fingerprint density at radius 1 is 0.879 bits per heavy atom. The summed E-state index contributed by atoms with van der Waals surface area (Å²) < 4.78 is 5.38. The minimum atomic E-state index is -0.987. The number of nitrogens with one attached hydrogen (secondary N) is 2. The lowest BCUT2D eigenvalue weighted by Gasteiger charge is -2.20. The molecule has 170 valence electrons. The third-order valence-electron chi connectivity index (χ3n) is 5.23. The fourth-order valence-corrected chi connectivity index (χ4v) is 3.42. The molecule has 0 saturated heterocycles. The molecule has 0 aliphatic carbocycles. The summed E-state index contributed by atoms with van der Waals surface area (Å²) in [4.78, 5) is 37.9. The Labute approximate surface area is 194 Å². The first-order chi connectivity index (χ1) is 15.8. The van der Waals surface area contributed by atoms with Crippen molar-refractivity contribution in [2.45, 2.75) is 39.3 Å². The average Bonchev–Trinajstić information content (AvgIpc) is 2.81. The Morgan fingerprint density at radius 2 is 1.52 bits per heavy atom. The van der Waals surface area contributed by atoms with Crippen LogP contribution in [0.3, 0.4) is 0 Å². The number of rotatable bonds is 8. The Bertz CT molecular complexity index is 1110. The molecule has 0 aliphatic rings. The summed E-state index contributed by atoms with van der Waals surface area (Å²) in [7, 11) is 0. The highest BCUT2D eigenvalue weighted by Crippen LogP contribution is 2.20. The van der Waals surface area contributed by atoms with Gasteiger partial charge in [-0.2, -0.15) is 0 Å². The molecule has 0 heterocycles. The number of aryl methyl sites for hydroxylation is 2. The molecule has 0 radical (unpaired) electrons. The lowest BCUT2D eigenvalue weighted by atomic mass is 10.0. The topological polar surface area (TPSA) is 84.5 Å². The quantitative estimate of drug-likeness (QED) is 0.492. The van der Waals surface area contributed by atoms with Crippen LogP contribution in [0, 0.1) is 13.8 Å². The van der Waals surface area contributed by atoms with Crippen molar-refractivity contribution in [1.29, 1.82) is 0 Å². The lowest BCUT2D eigenvalue weighted by molar-refractivity contribution is -0.153. The van der Waals surface area contributed by atoms with Gasteiger partial charge in [0.15, 0.2) is 6.10 Å². The van der Waals surface area contributed by atoms with Crippen molar-refractivity contribution in [3.63, 3.8) is 0 Å². The van der Waals surface area contributed by atoms with Crippen LogP contribution >= 0.6 is 0 Å². The fraction of sp³-hybridized carbons (Fsp3) is 0.222. The lowest BCUT2D eigenvalue weighted by Crippen LogP contribution is -2.34. The van der Waals surface area contributed by atoms with Crippen molar-refractivity contribution >= 4 is 23.5 Å². The zero-order valence-electron chi connectivity index (χ0n) is 19.0. The van der Waals surface area contributed by atoms with Crippen LogP contribution in [0.15, 0.2) is 78.9 Å². The van der Waals surface area contributed by atoms with Gasteiger partial charge in [-0.15, -0.1) is 0 Å². The van der Waals surface area contributed by atoms with E-state index in [-0.39, 0.29) is 12.3 Å². The van der Waals surface area contributed by atoms with Crippen molar-refractivity contribution < 1.29 is 19.1 Å². The molecule has 6 heteroatoms. The first-order valence-corrected chi connectivity index (χ1v) is 10.8. The van der Waals surface area contributed by atoms with Gasteiger partial charge in [-0.05, 0) is 50.1 Å². The van der Waals surface area contributed by atoms with E-state index in [0.717, 1.165) is 16.7 Å². The van der Waals surface area contributed by atoms with Gasteiger partial charge in [0.25, 0.3) is 11.8 Å². The summed E-state index contributed by atoms with van der Waals surface area (Å²) in [6.45, 7) is 5.40. The van der Waals surface area contributed by atoms with Gasteiger partial charge in [0.05, 0.1) is 12.5 Å². The number of amides is 2. The van der Waals surface area contributed by atoms with Crippen LogP contribution in [0.4, 0.5) is 5.69 Å². The standard InChI is InChI=1S/C27H28N2O4/c1-18-14-15-23(19(2)16-18)28-26(31)20(3)33-25(30)17-24(21-10-6-4-7-11-21)29-27(32)22-12-8-5-9-13-22/h4-16,20,24H,17H2,1-3H3,(H,28,31)(H,29,32). The summed E-state index contributed by atoms with van der Waals surface area (Å²) >= 11 is 0. The largest absolute Gasteiger partial charge is 0.452 e. The molecule has 0 fully saturated rings. The van der Waals surface area contributed by atoms with Crippen LogP contribution in [0.25, 0.3) is 0 Å². The Morgan fingerprint density at radius 3 is 2.15 bits per heavy atom. The van der Waals surface area contributed by atoms with E-state index in [2.05, 4.69) is 10.6 Å². The molecule has 33 heavy (non-hydrogen) atoms. The van der Waals surface area contributed by atoms with E-state index in [9.17, 15) is 14.4 Å². The molecule has 2 atom stereocenters. The summed E-state index contributed by atoms with van der Waals surface area (Å²) in [5.74, 6) is -1.29. The number of carbonyl (C=O) groups is 3. The van der Waals surface area contributed by atoms with Crippen LogP contribution in [0.2, 0.25) is 0 Å². The maximum absolute atomic E-state index is 12.7. The van der Waals surface area contributed by atoms with Gasteiger partial charge in [0, 0.05) is 11.3 Å². The van der Waals surface area contributed by atoms with Crippen molar-refractivity contribution in [2.24, 2.45) is 0 Å². The number of ether oxygens (including phenoxy) is 1. The van der Waals surface area contributed by atoms with Gasteiger partial charge in [-0.3, -0.25) is 14.4 Å². The number of esters is 1. The molecule has 0 aliphatic heterocycles. The smallest absolute Gasteiger partial charge is 0.309 e. The van der Waals surface area contributed by atoms with Crippen LogP contribution < -0.4 is 10.6 Å². The Balaban J connectivity index is 1.65. The van der Waals surface area contributed by atoms with E-state index < -0.39 is 24.0 Å². The van der Waals surface area contributed by atoms with Gasteiger partial charge >= 0.3 is 5.97 Å². The minimum Gasteiger partial charge on any atom is -0.452 e. The predicted octanol–water partition coefficient (Wildman–Crippen LogP) is 4.74. The third kappa shape index (κ3) is 6.77. The Hall–Kier alpha value is -3.93. The highest BCUT2D eigenvalue weighted by Gasteiger charge is 2.24. The number of benzene rings is 3. The van der Waals surface area contributed by atoms with Gasteiger partial charge < -0.3 is 15.4 Å². The molecular formula is C27H28N2O4. The molecule has 0 spiro atoms. The number of hydrogen-bond acceptors (Lipinski definition) is 4. The number of anilines is 1. The fourth-order valence-electron chi connectivity index (χ4n) is 3.42. The maximum Gasteiger partial charge on any atom is 0.309 e. The molecule has 0 saturated carbocycles. The van der Waals surface area contributed by atoms with Crippen LogP contribution in [0.5, 0.6) is 0 Å². The van der Waals surface area contributed by atoms with E-state index in [1.807, 2.05) is 68.4 Å². The Kier molecular flexibility index (Phi) is 7.97. The third-order valence-corrected chi connectivity index (χ3v) is 5.23. The molecule has 3 aromatic carbocycles. The number of carbonyl (C=O) groups excluding carboxylic acids is 3. The average molecular weight is 445 g/mol. The van der Waals surface area contributed by atoms with E-state index in [1.54, 1.807) is 24.3 Å². The summed E-state index contributed by atoms with van der Waals surface area (Å²) in [6.07, 6.45) is -1.09. The molecule has 3 aromatic rings. The maximum atomic E-state index is 12.7. The van der Waals surface area contributed by atoms with Gasteiger partial charge in [0.2, 0.25) is 0 Å². The van der Waals surface area contributed by atoms with Gasteiger partial charge in [0.1, 0.15) is 0 Å². The van der Waals surface area contributed by atoms with Crippen LogP contribution in [0.1, 0.15) is 46.4 Å². The highest BCUT2D eigenvalue weighted by atomic mass is 16.5. The first-order valence-electron chi connectivity index (χ1n) is 10.8. The zero-order chi connectivity index (χ0) is 23.8. The molecule has 2 amide bonds. The molecular weight excluding hydrogens is 416 g/mol.